The van der Waals surface area contributed by atoms with Crippen LogP contribution < -0.4 is 5.32 Å². The molecule has 2 heteroatoms. The summed E-state index contributed by atoms with van der Waals surface area (Å²) in [6.45, 7) is 0. The molecule has 1 unspecified atom stereocenters. The number of rotatable bonds is 2. The quantitative estimate of drug-likeness (QED) is 0.763. The maximum atomic E-state index is 12.0. The van der Waals surface area contributed by atoms with Crippen LogP contribution >= 0.6 is 0 Å². The lowest BCUT2D eigenvalue weighted by Gasteiger charge is -2.23. The third-order valence-corrected chi connectivity index (χ3v) is 5.08. The summed E-state index contributed by atoms with van der Waals surface area (Å²) in [7, 11) is 0. The van der Waals surface area contributed by atoms with E-state index in [0.717, 1.165) is 12.8 Å². The highest BCUT2D eigenvalue weighted by Crippen LogP contribution is 2.56. The molecule has 90 valence electrons. The van der Waals surface area contributed by atoms with E-state index in [1.807, 2.05) is 0 Å². The molecule has 0 aromatic rings. The van der Waals surface area contributed by atoms with Crippen LogP contribution in [0.3, 0.4) is 0 Å². The van der Waals surface area contributed by atoms with Crippen molar-refractivity contribution in [3.63, 3.8) is 0 Å². The van der Waals surface area contributed by atoms with Gasteiger partial charge in [-0.2, -0.15) is 0 Å². The van der Waals surface area contributed by atoms with Crippen LogP contribution in [0.4, 0.5) is 0 Å². The minimum absolute atomic E-state index is 0.348. The predicted molar refractivity (Wildman–Crippen MR) is 64.0 cm³/mol. The zero-order valence-corrected chi connectivity index (χ0v) is 10.1. The van der Waals surface area contributed by atoms with E-state index in [-0.39, 0.29) is 0 Å². The maximum absolute atomic E-state index is 12.0. The summed E-state index contributed by atoms with van der Waals surface area (Å²) in [6, 6.07) is 0.542. The van der Waals surface area contributed by atoms with E-state index in [9.17, 15) is 4.79 Å². The van der Waals surface area contributed by atoms with E-state index in [4.69, 9.17) is 0 Å². The minimum atomic E-state index is 0.348. The lowest BCUT2D eigenvalue weighted by atomic mass is 9.85. The summed E-state index contributed by atoms with van der Waals surface area (Å²) in [6.07, 6.45) is 13.0. The molecule has 0 saturated heterocycles. The van der Waals surface area contributed by atoms with Gasteiger partial charge in [0.2, 0.25) is 5.91 Å². The third kappa shape index (κ3) is 1.87. The van der Waals surface area contributed by atoms with Crippen LogP contribution in [-0.2, 0) is 4.79 Å². The Morgan fingerprint density at radius 3 is 2.38 bits per heavy atom. The van der Waals surface area contributed by atoms with E-state index >= 15 is 0 Å². The minimum Gasteiger partial charge on any atom is -0.353 e. The fourth-order valence-electron chi connectivity index (χ4n) is 3.84. The predicted octanol–water partition coefficient (Wildman–Crippen LogP) is 3.02. The van der Waals surface area contributed by atoms with Crippen molar-refractivity contribution in [3.05, 3.63) is 0 Å². The summed E-state index contributed by atoms with van der Waals surface area (Å²) in [5.41, 5.74) is 0.548. The molecule has 3 saturated carbocycles. The number of carbonyl (C=O) groups is 1. The van der Waals surface area contributed by atoms with Gasteiger partial charge in [-0.3, -0.25) is 4.79 Å². The average molecular weight is 221 g/mol. The Labute approximate surface area is 98.2 Å². The second kappa shape index (κ2) is 4.05. The SMILES string of the molecule is O=C(NC1CC12CCCCC2)C1CCCC1. The topological polar surface area (TPSA) is 29.1 Å². The summed E-state index contributed by atoms with van der Waals surface area (Å²) < 4.78 is 0. The Balaban J connectivity index is 1.51. The molecule has 1 spiro atoms. The molecule has 0 aliphatic heterocycles. The molecule has 2 nitrogen and oxygen atoms in total. The molecule has 16 heavy (non-hydrogen) atoms. The monoisotopic (exact) mass is 221 g/mol. The van der Waals surface area contributed by atoms with Gasteiger partial charge in [0.15, 0.2) is 0 Å². The normalized spacial score (nSPS) is 32.9. The third-order valence-electron chi connectivity index (χ3n) is 5.08. The van der Waals surface area contributed by atoms with Crippen molar-refractivity contribution in [1.29, 1.82) is 0 Å². The Hall–Kier alpha value is -0.530. The zero-order valence-electron chi connectivity index (χ0n) is 10.1. The second-order valence-electron chi connectivity index (χ2n) is 6.17. The van der Waals surface area contributed by atoms with Crippen LogP contribution in [0.1, 0.15) is 64.2 Å². The van der Waals surface area contributed by atoms with Crippen molar-refractivity contribution >= 4 is 5.91 Å². The van der Waals surface area contributed by atoms with Gasteiger partial charge < -0.3 is 5.32 Å². The molecule has 1 N–H and O–H groups in total. The van der Waals surface area contributed by atoms with Crippen molar-refractivity contribution < 1.29 is 4.79 Å². The Bertz CT molecular complexity index is 274. The molecule has 3 aliphatic carbocycles. The number of hydrogen-bond acceptors (Lipinski definition) is 1. The number of carbonyl (C=O) groups excluding carboxylic acids is 1. The van der Waals surface area contributed by atoms with Gasteiger partial charge in [0, 0.05) is 12.0 Å². The van der Waals surface area contributed by atoms with Gasteiger partial charge in [-0.1, -0.05) is 32.1 Å². The van der Waals surface area contributed by atoms with E-state index in [0.29, 0.717) is 23.3 Å². The lowest BCUT2D eigenvalue weighted by molar-refractivity contribution is -0.125. The van der Waals surface area contributed by atoms with Gasteiger partial charge in [0.05, 0.1) is 0 Å². The van der Waals surface area contributed by atoms with Crippen molar-refractivity contribution in [3.8, 4) is 0 Å². The summed E-state index contributed by atoms with van der Waals surface area (Å²) in [5, 5.41) is 3.32. The van der Waals surface area contributed by atoms with E-state index < -0.39 is 0 Å². The molecule has 1 atom stereocenters. The molecule has 1 amide bonds. The van der Waals surface area contributed by atoms with Crippen LogP contribution in [0.5, 0.6) is 0 Å². The van der Waals surface area contributed by atoms with Crippen LogP contribution in [0, 0.1) is 11.3 Å². The molecule has 0 aromatic heterocycles. The zero-order chi connectivity index (χ0) is 11.0. The van der Waals surface area contributed by atoms with Crippen molar-refractivity contribution in [2.45, 2.75) is 70.3 Å². The van der Waals surface area contributed by atoms with Crippen molar-refractivity contribution in [1.82, 2.24) is 5.32 Å². The molecule has 3 aliphatic rings. The number of amides is 1. The molecular weight excluding hydrogens is 198 g/mol. The van der Waals surface area contributed by atoms with Gasteiger partial charge in [0.25, 0.3) is 0 Å². The van der Waals surface area contributed by atoms with Crippen LogP contribution in [0.15, 0.2) is 0 Å². The van der Waals surface area contributed by atoms with Crippen LogP contribution in [0.25, 0.3) is 0 Å². The Morgan fingerprint density at radius 1 is 1.00 bits per heavy atom. The summed E-state index contributed by atoms with van der Waals surface area (Å²) in [5.74, 6) is 0.714. The second-order valence-corrected chi connectivity index (χ2v) is 6.17. The van der Waals surface area contributed by atoms with Crippen molar-refractivity contribution in [2.75, 3.05) is 0 Å². The molecular formula is C14H23NO. The molecule has 3 rings (SSSR count). The number of nitrogens with one attached hydrogen (secondary N) is 1. The Kier molecular flexibility index (Phi) is 2.68. The smallest absolute Gasteiger partial charge is 0.223 e. The fraction of sp³-hybridized carbons (Fsp3) is 0.929. The molecule has 0 aromatic carbocycles. The van der Waals surface area contributed by atoms with Gasteiger partial charge in [-0.05, 0) is 37.5 Å². The molecule has 0 bridgehead atoms. The lowest BCUT2D eigenvalue weighted by Crippen LogP contribution is -2.34. The van der Waals surface area contributed by atoms with Gasteiger partial charge >= 0.3 is 0 Å². The molecule has 0 radical (unpaired) electrons. The van der Waals surface area contributed by atoms with Crippen LogP contribution in [-0.4, -0.2) is 11.9 Å². The van der Waals surface area contributed by atoms with E-state index in [1.54, 1.807) is 0 Å². The first kappa shape index (κ1) is 10.6. The van der Waals surface area contributed by atoms with Gasteiger partial charge in [-0.15, -0.1) is 0 Å². The van der Waals surface area contributed by atoms with Crippen molar-refractivity contribution in [2.24, 2.45) is 11.3 Å². The van der Waals surface area contributed by atoms with E-state index in [2.05, 4.69) is 5.32 Å². The summed E-state index contributed by atoms with van der Waals surface area (Å²) in [4.78, 5) is 12.0. The highest BCUT2D eigenvalue weighted by Gasteiger charge is 2.54. The fourth-order valence-corrected chi connectivity index (χ4v) is 3.84. The van der Waals surface area contributed by atoms with Gasteiger partial charge in [-0.25, -0.2) is 0 Å². The maximum Gasteiger partial charge on any atom is 0.223 e. The van der Waals surface area contributed by atoms with Gasteiger partial charge in [0.1, 0.15) is 0 Å². The van der Waals surface area contributed by atoms with Crippen LogP contribution in [0.2, 0.25) is 0 Å². The first-order chi connectivity index (χ1) is 7.80. The largest absolute Gasteiger partial charge is 0.353 e. The molecule has 0 heterocycles. The molecule has 3 fully saturated rings. The Morgan fingerprint density at radius 2 is 1.69 bits per heavy atom. The first-order valence-electron chi connectivity index (χ1n) is 7.11. The first-order valence-corrected chi connectivity index (χ1v) is 7.11. The average Bonchev–Trinajstić information content (AvgIpc) is 2.78. The number of hydrogen-bond donors (Lipinski definition) is 1. The van der Waals surface area contributed by atoms with E-state index in [1.165, 1.54) is 51.4 Å². The summed E-state index contributed by atoms with van der Waals surface area (Å²) >= 11 is 0. The standard InChI is InChI=1S/C14H23NO/c16-13(11-6-2-3-7-11)15-12-10-14(12)8-4-1-5-9-14/h11-12H,1-10H2,(H,15,16). The highest BCUT2D eigenvalue weighted by molar-refractivity contribution is 5.79. The highest BCUT2D eigenvalue weighted by atomic mass is 16.2.